The minimum absolute atomic E-state index is 0.546. The molecule has 0 aliphatic heterocycles. The second-order valence-electron chi connectivity index (χ2n) is 3.98. The van der Waals surface area contributed by atoms with Crippen LogP contribution in [0, 0.1) is 25.2 Å². The lowest BCUT2D eigenvalue weighted by Gasteiger charge is -2.04. The molecule has 0 unspecified atom stereocenters. The molecule has 0 saturated carbocycles. The zero-order chi connectivity index (χ0) is 11.9. The number of aryl methyl sites for hydroxylation is 3. The van der Waals surface area contributed by atoms with Gasteiger partial charge in [-0.3, -0.25) is 0 Å². The van der Waals surface area contributed by atoms with Gasteiger partial charge in [0.1, 0.15) is 11.2 Å². The fourth-order valence-electron chi connectivity index (χ4n) is 1.99. The Labute approximate surface area is 100 Å². The van der Waals surface area contributed by atoms with Crippen LogP contribution in [0.3, 0.4) is 0 Å². The Bertz CT molecular complexity index is 603. The molecule has 0 spiro atoms. The van der Waals surface area contributed by atoms with Crippen molar-refractivity contribution in [3.8, 4) is 6.07 Å². The fourth-order valence-corrected chi connectivity index (χ4v) is 2.35. The van der Waals surface area contributed by atoms with E-state index in [1.807, 2.05) is 24.5 Å². The van der Waals surface area contributed by atoms with Crippen molar-refractivity contribution in [1.82, 2.24) is 4.57 Å². The lowest BCUT2D eigenvalue weighted by atomic mass is 10.1. The molecule has 16 heavy (non-hydrogen) atoms. The van der Waals surface area contributed by atoms with E-state index in [0.29, 0.717) is 10.7 Å². The monoisotopic (exact) mass is 232 g/mol. The first-order chi connectivity index (χ1) is 7.60. The first kappa shape index (κ1) is 11.0. The molecule has 0 aliphatic carbocycles. The van der Waals surface area contributed by atoms with Gasteiger partial charge < -0.3 is 4.57 Å². The van der Waals surface area contributed by atoms with Crippen LogP contribution in [0.15, 0.2) is 12.1 Å². The summed E-state index contributed by atoms with van der Waals surface area (Å²) in [5.41, 5.74) is 4.04. The topological polar surface area (TPSA) is 28.7 Å². The Kier molecular flexibility index (Phi) is 2.65. The number of halogens is 1. The van der Waals surface area contributed by atoms with Crippen molar-refractivity contribution in [2.24, 2.45) is 0 Å². The van der Waals surface area contributed by atoms with Crippen molar-refractivity contribution >= 4 is 22.5 Å². The number of rotatable bonds is 1. The zero-order valence-electron chi connectivity index (χ0n) is 9.63. The Morgan fingerprint density at radius 1 is 1.31 bits per heavy atom. The maximum Gasteiger partial charge on any atom is 0.128 e. The van der Waals surface area contributed by atoms with Gasteiger partial charge in [0.15, 0.2) is 0 Å². The number of nitriles is 1. The summed E-state index contributed by atoms with van der Waals surface area (Å²) in [4.78, 5) is 0. The van der Waals surface area contributed by atoms with Crippen molar-refractivity contribution in [3.05, 3.63) is 34.0 Å². The van der Waals surface area contributed by atoms with Crippen molar-refractivity contribution in [2.45, 2.75) is 27.3 Å². The van der Waals surface area contributed by atoms with E-state index in [4.69, 9.17) is 16.9 Å². The predicted molar refractivity (Wildman–Crippen MR) is 66.8 cm³/mol. The molecular formula is C13H13ClN2. The molecule has 3 heteroatoms. The van der Waals surface area contributed by atoms with Crippen LogP contribution < -0.4 is 0 Å². The Morgan fingerprint density at radius 2 is 1.94 bits per heavy atom. The highest BCUT2D eigenvalue weighted by Gasteiger charge is 2.15. The van der Waals surface area contributed by atoms with E-state index in [0.717, 1.165) is 17.4 Å². The maximum absolute atomic E-state index is 9.14. The minimum Gasteiger partial charge on any atom is -0.331 e. The number of hydrogen-bond acceptors (Lipinski definition) is 1. The summed E-state index contributed by atoms with van der Waals surface area (Å²) in [5, 5.41) is 10.6. The number of hydrogen-bond donors (Lipinski definition) is 0. The average Bonchev–Trinajstić information content (AvgIpc) is 2.50. The molecule has 0 fully saturated rings. The van der Waals surface area contributed by atoms with Crippen LogP contribution >= 0.6 is 11.6 Å². The molecule has 1 heterocycles. The molecule has 1 aromatic carbocycles. The van der Waals surface area contributed by atoms with Crippen LogP contribution in [0.2, 0.25) is 5.15 Å². The third-order valence-electron chi connectivity index (χ3n) is 3.04. The van der Waals surface area contributed by atoms with E-state index < -0.39 is 0 Å². The van der Waals surface area contributed by atoms with Gasteiger partial charge >= 0.3 is 0 Å². The van der Waals surface area contributed by atoms with E-state index in [1.165, 1.54) is 11.1 Å². The number of benzene rings is 1. The first-order valence-electron chi connectivity index (χ1n) is 5.29. The Balaban J connectivity index is 2.96. The number of nitrogens with zero attached hydrogens (tertiary/aromatic N) is 2. The quantitative estimate of drug-likeness (QED) is 0.735. The van der Waals surface area contributed by atoms with Crippen molar-refractivity contribution < 1.29 is 0 Å². The predicted octanol–water partition coefficient (Wildman–Crippen LogP) is 3.80. The van der Waals surface area contributed by atoms with Gasteiger partial charge in [0, 0.05) is 11.9 Å². The van der Waals surface area contributed by atoms with Gasteiger partial charge in [0.05, 0.1) is 11.1 Å². The summed E-state index contributed by atoms with van der Waals surface area (Å²) < 4.78 is 1.97. The smallest absolute Gasteiger partial charge is 0.128 e. The molecule has 0 saturated heterocycles. The number of aromatic nitrogens is 1. The minimum atomic E-state index is 0.546. The second-order valence-corrected chi connectivity index (χ2v) is 4.33. The highest BCUT2D eigenvalue weighted by molar-refractivity contribution is 6.32. The second kappa shape index (κ2) is 3.84. The van der Waals surface area contributed by atoms with Gasteiger partial charge in [-0.15, -0.1) is 0 Å². The van der Waals surface area contributed by atoms with Gasteiger partial charge in [-0.2, -0.15) is 5.26 Å². The summed E-state index contributed by atoms with van der Waals surface area (Å²) in [6.45, 7) is 6.93. The molecule has 0 N–H and O–H groups in total. The van der Waals surface area contributed by atoms with Crippen LogP contribution in [0.4, 0.5) is 0 Å². The number of fused-ring (bicyclic) bond motifs is 1. The summed E-state index contributed by atoms with van der Waals surface area (Å²) in [6, 6.07) is 6.33. The van der Waals surface area contributed by atoms with E-state index >= 15 is 0 Å². The van der Waals surface area contributed by atoms with Crippen LogP contribution in [-0.4, -0.2) is 4.57 Å². The maximum atomic E-state index is 9.14. The summed E-state index contributed by atoms with van der Waals surface area (Å²) >= 11 is 6.20. The van der Waals surface area contributed by atoms with Gasteiger partial charge in [-0.05, 0) is 44.0 Å². The third-order valence-corrected chi connectivity index (χ3v) is 3.44. The third kappa shape index (κ3) is 1.40. The normalized spacial score (nSPS) is 10.7. The van der Waals surface area contributed by atoms with Crippen LogP contribution in [0.25, 0.3) is 10.9 Å². The van der Waals surface area contributed by atoms with Gasteiger partial charge in [-0.1, -0.05) is 11.6 Å². The summed E-state index contributed by atoms with van der Waals surface area (Å²) in [6.07, 6.45) is 0. The van der Waals surface area contributed by atoms with E-state index in [2.05, 4.69) is 19.1 Å². The van der Waals surface area contributed by atoms with Crippen molar-refractivity contribution in [3.63, 3.8) is 0 Å². The molecule has 1 aromatic heterocycles. The lowest BCUT2D eigenvalue weighted by Crippen LogP contribution is -1.93. The van der Waals surface area contributed by atoms with Gasteiger partial charge in [0.2, 0.25) is 0 Å². The first-order valence-corrected chi connectivity index (χ1v) is 5.67. The molecule has 0 aliphatic rings. The lowest BCUT2D eigenvalue weighted by molar-refractivity contribution is 0.797. The van der Waals surface area contributed by atoms with Crippen LogP contribution in [0.5, 0.6) is 0 Å². The van der Waals surface area contributed by atoms with Gasteiger partial charge in [0.25, 0.3) is 0 Å². The van der Waals surface area contributed by atoms with Crippen molar-refractivity contribution in [2.75, 3.05) is 0 Å². The molecule has 0 amide bonds. The summed E-state index contributed by atoms with van der Waals surface area (Å²) in [7, 11) is 0. The van der Waals surface area contributed by atoms with Crippen LogP contribution in [-0.2, 0) is 6.54 Å². The Morgan fingerprint density at radius 3 is 2.50 bits per heavy atom. The Hall–Kier alpha value is -1.46. The highest BCUT2D eigenvalue weighted by atomic mass is 35.5. The average molecular weight is 233 g/mol. The largest absolute Gasteiger partial charge is 0.331 e. The van der Waals surface area contributed by atoms with E-state index in [1.54, 1.807) is 0 Å². The standard InChI is InChI=1S/C13H13ClN2/c1-4-16-12-6-9(3)8(2)5-10(12)11(7-15)13(16)14/h5-6H,4H2,1-3H3. The fraction of sp³-hybridized carbons (Fsp3) is 0.308. The zero-order valence-corrected chi connectivity index (χ0v) is 10.4. The molecule has 2 rings (SSSR count). The molecule has 0 bridgehead atoms. The molecular weight excluding hydrogens is 220 g/mol. The molecule has 82 valence electrons. The van der Waals surface area contributed by atoms with Crippen molar-refractivity contribution in [1.29, 1.82) is 5.26 Å². The molecule has 0 atom stereocenters. The van der Waals surface area contributed by atoms with E-state index in [9.17, 15) is 0 Å². The molecule has 2 aromatic rings. The summed E-state index contributed by atoms with van der Waals surface area (Å²) in [5.74, 6) is 0. The van der Waals surface area contributed by atoms with Gasteiger partial charge in [-0.25, -0.2) is 0 Å². The molecule has 2 nitrogen and oxygen atoms in total. The highest BCUT2D eigenvalue weighted by Crippen LogP contribution is 2.31. The van der Waals surface area contributed by atoms with Crippen LogP contribution in [0.1, 0.15) is 23.6 Å². The molecule has 0 radical (unpaired) electrons. The SMILES string of the molecule is CCn1c(Cl)c(C#N)c2cc(C)c(C)cc21. The van der Waals surface area contributed by atoms with E-state index in [-0.39, 0.29) is 0 Å².